The minimum atomic E-state index is -4.66. The molecular formula is C23H19F3N2O3S. The number of hydrogen-bond donors (Lipinski definition) is 1. The number of hydrogen-bond acceptors (Lipinski definition) is 3. The number of halogens is 3. The Labute approximate surface area is 183 Å². The summed E-state index contributed by atoms with van der Waals surface area (Å²) in [4.78, 5) is 12.8. The zero-order chi connectivity index (χ0) is 23.1. The molecule has 0 saturated heterocycles. The van der Waals surface area contributed by atoms with E-state index in [9.17, 15) is 26.4 Å². The van der Waals surface area contributed by atoms with E-state index in [2.05, 4.69) is 5.32 Å². The van der Waals surface area contributed by atoms with Gasteiger partial charge in [0.2, 0.25) is 5.91 Å². The quantitative estimate of drug-likeness (QED) is 0.590. The van der Waals surface area contributed by atoms with Gasteiger partial charge in [-0.05, 0) is 42.3 Å². The van der Waals surface area contributed by atoms with Crippen LogP contribution in [-0.2, 0) is 27.4 Å². The van der Waals surface area contributed by atoms with Crippen LogP contribution in [0.4, 0.5) is 24.5 Å². The molecule has 3 aromatic carbocycles. The molecule has 0 radical (unpaired) electrons. The Morgan fingerprint density at radius 1 is 0.969 bits per heavy atom. The number of para-hydroxylation sites is 1. The van der Waals surface area contributed by atoms with Gasteiger partial charge in [0, 0.05) is 11.1 Å². The van der Waals surface area contributed by atoms with Gasteiger partial charge in [-0.1, -0.05) is 43.3 Å². The zero-order valence-electron chi connectivity index (χ0n) is 17.0. The summed E-state index contributed by atoms with van der Waals surface area (Å²) in [5.74, 6) is -0.879. The van der Waals surface area contributed by atoms with E-state index in [1.807, 2.05) is 13.0 Å². The normalized spacial score (nSPS) is 14.4. The van der Waals surface area contributed by atoms with Crippen molar-refractivity contribution < 1.29 is 26.4 Å². The van der Waals surface area contributed by atoms with Gasteiger partial charge in [-0.25, -0.2) is 8.42 Å². The summed E-state index contributed by atoms with van der Waals surface area (Å²) < 4.78 is 67.3. The minimum absolute atomic E-state index is 0.0456. The fourth-order valence-electron chi connectivity index (χ4n) is 3.73. The number of carbonyl (C=O) groups excluding carboxylic acids is 1. The van der Waals surface area contributed by atoms with Crippen LogP contribution in [0.1, 0.15) is 18.1 Å². The molecule has 5 nitrogen and oxygen atoms in total. The predicted octanol–water partition coefficient (Wildman–Crippen LogP) is 5.08. The molecule has 32 heavy (non-hydrogen) atoms. The molecule has 166 valence electrons. The minimum Gasteiger partial charge on any atom is -0.324 e. The molecule has 1 aliphatic rings. The lowest BCUT2D eigenvalue weighted by molar-refractivity contribution is -0.137. The highest BCUT2D eigenvalue weighted by molar-refractivity contribution is 7.93. The van der Waals surface area contributed by atoms with Crippen molar-refractivity contribution in [3.8, 4) is 11.1 Å². The fraction of sp³-hybridized carbons (Fsp3) is 0.174. The van der Waals surface area contributed by atoms with Gasteiger partial charge in [-0.2, -0.15) is 13.2 Å². The van der Waals surface area contributed by atoms with E-state index in [1.165, 1.54) is 18.2 Å². The van der Waals surface area contributed by atoms with E-state index in [0.717, 1.165) is 28.4 Å². The van der Waals surface area contributed by atoms with Gasteiger partial charge in [0.1, 0.15) is 6.54 Å². The molecule has 0 bridgehead atoms. The number of sulfonamides is 1. The number of aryl methyl sites for hydroxylation is 1. The molecule has 3 aromatic rings. The van der Waals surface area contributed by atoms with Crippen LogP contribution in [0, 0.1) is 0 Å². The second-order valence-electron chi connectivity index (χ2n) is 7.30. The van der Waals surface area contributed by atoms with Crippen LogP contribution in [0.15, 0.2) is 71.6 Å². The van der Waals surface area contributed by atoms with Crippen molar-refractivity contribution >= 4 is 27.3 Å². The van der Waals surface area contributed by atoms with Crippen LogP contribution in [-0.4, -0.2) is 20.9 Å². The maximum atomic E-state index is 13.3. The largest absolute Gasteiger partial charge is 0.418 e. The van der Waals surface area contributed by atoms with Crippen LogP contribution in [0.3, 0.4) is 0 Å². The van der Waals surface area contributed by atoms with Gasteiger partial charge in [-0.15, -0.1) is 0 Å². The summed E-state index contributed by atoms with van der Waals surface area (Å²) >= 11 is 0. The monoisotopic (exact) mass is 460 g/mol. The molecule has 0 unspecified atom stereocenters. The Morgan fingerprint density at radius 3 is 2.38 bits per heavy atom. The lowest BCUT2D eigenvalue weighted by atomic mass is 9.99. The molecule has 4 rings (SSSR count). The standard InChI is InChI=1S/C23H19F3N2O3S/c1-2-15-11-12-20-17(13-15)16-7-3-6-10-21(16)32(30,31)28(20)14-22(29)27-19-9-5-4-8-18(19)23(24,25)26/h3-13H,2,14H2,1H3,(H,27,29). The molecule has 0 atom stereocenters. The number of benzene rings is 3. The number of anilines is 2. The Kier molecular flexibility index (Phi) is 5.46. The first-order valence-electron chi connectivity index (χ1n) is 9.84. The molecule has 0 aromatic heterocycles. The maximum absolute atomic E-state index is 13.3. The molecule has 1 aliphatic heterocycles. The third-order valence-electron chi connectivity index (χ3n) is 5.28. The summed E-state index contributed by atoms with van der Waals surface area (Å²) in [7, 11) is -4.09. The second-order valence-corrected chi connectivity index (χ2v) is 9.14. The molecule has 0 spiro atoms. The predicted molar refractivity (Wildman–Crippen MR) is 116 cm³/mol. The molecule has 0 saturated carbocycles. The number of fused-ring (bicyclic) bond motifs is 3. The van der Waals surface area contributed by atoms with E-state index in [-0.39, 0.29) is 4.90 Å². The first kappa shape index (κ1) is 21.9. The molecular weight excluding hydrogens is 441 g/mol. The molecule has 1 N–H and O–H groups in total. The fourth-order valence-corrected chi connectivity index (χ4v) is 5.38. The summed E-state index contributed by atoms with van der Waals surface area (Å²) in [6.07, 6.45) is -3.93. The van der Waals surface area contributed by atoms with Crippen LogP contribution >= 0.6 is 0 Å². The number of rotatable bonds is 4. The van der Waals surface area contributed by atoms with Crippen molar-refractivity contribution in [2.45, 2.75) is 24.4 Å². The molecule has 9 heteroatoms. The third-order valence-corrected chi connectivity index (χ3v) is 7.09. The Bertz CT molecular complexity index is 1300. The Hall–Kier alpha value is -3.33. The van der Waals surface area contributed by atoms with Crippen LogP contribution < -0.4 is 9.62 Å². The van der Waals surface area contributed by atoms with Gasteiger partial charge in [0.05, 0.1) is 21.8 Å². The zero-order valence-corrected chi connectivity index (χ0v) is 17.8. The van der Waals surface area contributed by atoms with Crippen molar-refractivity contribution in [1.29, 1.82) is 0 Å². The van der Waals surface area contributed by atoms with Crippen LogP contribution in [0.5, 0.6) is 0 Å². The first-order chi connectivity index (χ1) is 15.1. The van der Waals surface area contributed by atoms with E-state index >= 15 is 0 Å². The van der Waals surface area contributed by atoms with Gasteiger partial charge >= 0.3 is 6.18 Å². The number of carbonyl (C=O) groups is 1. The third kappa shape index (κ3) is 3.84. The van der Waals surface area contributed by atoms with E-state index in [1.54, 1.807) is 30.3 Å². The van der Waals surface area contributed by atoms with Gasteiger partial charge in [0.25, 0.3) is 10.0 Å². The van der Waals surface area contributed by atoms with Crippen molar-refractivity contribution in [2.24, 2.45) is 0 Å². The summed E-state index contributed by atoms with van der Waals surface area (Å²) in [5, 5.41) is 2.21. The molecule has 0 aliphatic carbocycles. The first-order valence-corrected chi connectivity index (χ1v) is 11.3. The average molecular weight is 460 g/mol. The van der Waals surface area contributed by atoms with E-state index in [0.29, 0.717) is 16.8 Å². The van der Waals surface area contributed by atoms with Crippen molar-refractivity contribution in [3.05, 3.63) is 77.9 Å². The smallest absolute Gasteiger partial charge is 0.324 e. The van der Waals surface area contributed by atoms with Gasteiger partial charge in [-0.3, -0.25) is 9.10 Å². The summed E-state index contributed by atoms with van der Waals surface area (Å²) in [6.45, 7) is 1.30. The Balaban J connectivity index is 1.73. The SMILES string of the molecule is CCc1ccc2c(c1)-c1ccccc1S(=O)(=O)N2CC(=O)Nc1ccccc1C(F)(F)F. The summed E-state index contributed by atoms with van der Waals surface area (Å²) in [6, 6.07) is 16.3. The highest BCUT2D eigenvalue weighted by Crippen LogP contribution is 2.43. The van der Waals surface area contributed by atoms with Crippen molar-refractivity contribution in [1.82, 2.24) is 0 Å². The van der Waals surface area contributed by atoms with Gasteiger partial charge < -0.3 is 5.32 Å². The lowest BCUT2D eigenvalue weighted by Crippen LogP contribution is -2.40. The number of amides is 1. The number of nitrogens with one attached hydrogen (secondary N) is 1. The molecule has 1 amide bonds. The van der Waals surface area contributed by atoms with Crippen molar-refractivity contribution in [3.63, 3.8) is 0 Å². The molecule has 1 heterocycles. The lowest BCUT2D eigenvalue weighted by Gasteiger charge is -2.32. The highest BCUT2D eigenvalue weighted by atomic mass is 32.2. The second kappa shape index (κ2) is 7.98. The van der Waals surface area contributed by atoms with E-state index < -0.39 is 39.9 Å². The van der Waals surface area contributed by atoms with Crippen LogP contribution in [0.25, 0.3) is 11.1 Å². The highest BCUT2D eigenvalue weighted by Gasteiger charge is 2.37. The molecule has 0 fully saturated rings. The Morgan fingerprint density at radius 2 is 1.66 bits per heavy atom. The van der Waals surface area contributed by atoms with Crippen LogP contribution in [0.2, 0.25) is 0 Å². The van der Waals surface area contributed by atoms with Crippen molar-refractivity contribution in [2.75, 3.05) is 16.2 Å². The topological polar surface area (TPSA) is 66.5 Å². The average Bonchev–Trinajstić information content (AvgIpc) is 2.76. The number of nitrogens with zero attached hydrogens (tertiary/aromatic N) is 1. The summed E-state index contributed by atoms with van der Waals surface area (Å²) in [5.41, 5.74) is 1.03. The van der Waals surface area contributed by atoms with Gasteiger partial charge in [0.15, 0.2) is 0 Å². The maximum Gasteiger partial charge on any atom is 0.418 e. The van der Waals surface area contributed by atoms with E-state index in [4.69, 9.17) is 0 Å². The number of alkyl halides is 3.